The number of nitrogens with one attached hydrogen (secondary N) is 3. The van der Waals surface area contributed by atoms with Crippen molar-refractivity contribution in [3.05, 3.63) is 53.7 Å². The average Bonchev–Trinajstić information content (AvgIpc) is 3.47. The molecule has 1 atom stereocenters. The number of anilines is 2. The van der Waals surface area contributed by atoms with Crippen molar-refractivity contribution in [2.75, 3.05) is 32.2 Å². The minimum atomic E-state index is -0.498. The van der Waals surface area contributed by atoms with Crippen LogP contribution in [0.1, 0.15) is 28.9 Å². The molecule has 33 heavy (non-hydrogen) atoms. The van der Waals surface area contributed by atoms with Crippen molar-refractivity contribution < 1.29 is 23.4 Å². The summed E-state index contributed by atoms with van der Waals surface area (Å²) in [7, 11) is 1.41. The molecule has 5 rings (SSSR count). The van der Waals surface area contributed by atoms with Gasteiger partial charge in [0.2, 0.25) is 0 Å². The molecule has 1 unspecified atom stereocenters. The number of rotatable bonds is 7. The van der Waals surface area contributed by atoms with Crippen LogP contribution >= 0.6 is 0 Å². The Morgan fingerprint density at radius 2 is 2.24 bits per heavy atom. The molecule has 3 aromatic rings. The quantitative estimate of drug-likeness (QED) is 0.504. The summed E-state index contributed by atoms with van der Waals surface area (Å²) in [5.74, 6) is -0.0598. The molecule has 2 aliphatic rings. The number of hydrogen-bond donors (Lipinski definition) is 3. The van der Waals surface area contributed by atoms with Crippen LogP contribution in [0.5, 0.6) is 11.5 Å². The second-order valence-electron chi connectivity index (χ2n) is 8.00. The molecule has 4 heterocycles. The summed E-state index contributed by atoms with van der Waals surface area (Å²) in [5, 5.41) is 6.12. The summed E-state index contributed by atoms with van der Waals surface area (Å²) in [6.45, 7) is 1.70. The van der Waals surface area contributed by atoms with Crippen molar-refractivity contribution in [3.8, 4) is 22.8 Å². The van der Waals surface area contributed by atoms with E-state index in [0.717, 1.165) is 30.7 Å². The highest BCUT2D eigenvalue weighted by Crippen LogP contribution is 2.42. The monoisotopic (exact) mass is 452 g/mol. The summed E-state index contributed by atoms with van der Waals surface area (Å²) in [5.41, 5.74) is 3.63. The highest BCUT2D eigenvalue weighted by molar-refractivity contribution is 6.06. The number of ether oxygens (including phenoxy) is 3. The van der Waals surface area contributed by atoms with Gasteiger partial charge in [0.25, 0.3) is 5.91 Å². The van der Waals surface area contributed by atoms with E-state index in [4.69, 9.17) is 14.2 Å². The molecule has 1 aromatic carbocycles. The number of hydrogen-bond acceptors (Lipinski definition) is 6. The lowest BCUT2D eigenvalue weighted by molar-refractivity contribution is 0.0680. The highest BCUT2D eigenvalue weighted by atomic mass is 19.1. The minimum absolute atomic E-state index is 0.0508. The maximum Gasteiger partial charge on any atom is 0.255 e. The van der Waals surface area contributed by atoms with Crippen LogP contribution in [0.3, 0.4) is 0 Å². The second-order valence-corrected chi connectivity index (χ2v) is 8.00. The van der Waals surface area contributed by atoms with Gasteiger partial charge in [0.05, 0.1) is 42.0 Å². The third-order valence-corrected chi connectivity index (χ3v) is 5.90. The first-order valence-electron chi connectivity index (χ1n) is 11.0. The number of halogens is 1. The standard InChI is InChI=1S/C24H25FN4O4/c1-31-23-16(25)5-2-6-18(23)29-22-20-17(8-10-27-24(20)30)28-21(22)15-7-9-26-12-19(15)33-13-14-4-3-11-32-14/h2,5-7,9,12,14,28-29H,3-4,8,10-11,13H2,1H3,(H,27,30). The molecule has 8 nitrogen and oxygen atoms in total. The van der Waals surface area contributed by atoms with Crippen LogP contribution in [-0.2, 0) is 11.2 Å². The van der Waals surface area contributed by atoms with E-state index in [1.807, 2.05) is 6.07 Å². The molecular formula is C24H25FN4O4. The number of fused-ring (bicyclic) bond motifs is 1. The predicted molar refractivity (Wildman–Crippen MR) is 121 cm³/mol. The molecule has 3 N–H and O–H groups in total. The smallest absolute Gasteiger partial charge is 0.255 e. The third-order valence-electron chi connectivity index (χ3n) is 5.90. The number of benzene rings is 1. The van der Waals surface area contributed by atoms with Gasteiger partial charge in [-0.15, -0.1) is 0 Å². The maximum absolute atomic E-state index is 14.3. The molecule has 2 aromatic heterocycles. The zero-order chi connectivity index (χ0) is 22.8. The van der Waals surface area contributed by atoms with Crippen LogP contribution < -0.4 is 20.1 Å². The van der Waals surface area contributed by atoms with Gasteiger partial charge < -0.3 is 29.8 Å². The van der Waals surface area contributed by atoms with Crippen molar-refractivity contribution in [2.24, 2.45) is 0 Å². The van der Waals surface area contributed by atoms with Gasteiger partial charge in [0.1, 0.15) is 12.4 Å². The van der Waals surface area contributed by atoms with Crippen molar-refractivity contribution >= 4 is 17.3 Å². The van der Waals surface area contributed by atoms with Gasteiger partial charge >= 0.3 is 0 Å². The molecule has 2 aliphatic heterocycles. The van der Waals surface area contributed by atoms with Gasteiger partial charge in [0, 0.05) is 37.0 Å². The predicted octanol–water partition coefficient (Wildman–Crippen LogP) is 3.81. The molecule has 9 heteroatoms. The largest absolute Gasteiger partial charge is 0.492 e. The van der Waals surface area contributed by atoms with Crippen molar-refractivity contribution in [1.82, 2.24) is 15.3 Å². The van der Waals surface area contributed by atoms with Gasteiger partial charge in [0.15, 0.2) is 11.6 Å². The lowest BCUT2D eigenvalue weighted by atomic mass is 10.0. The number of H-pyrrole nitrogens is 1. The minimum Gasteiger partial charge on any atom is -0.492 e. The lowest BCUT2D eigenvalue weighted by Gasteiger charge is -2.17. The number of aromatic nitrogens is 2. The van der Waals surface area contributed by atoms with Crippen molar-refractivity contribution in [3.63, 3.8) is 0 Å². The van der Waals surface area contributed by atoms with E-state index >= 15 is 0 Å². The van der Waals surface area contributed by atoms with Crippen LogP contribution in [0, 0.1) is 5.82 Å². The topological polar surface area (TPSA) is 97.5 Å². The van der Waals surface area contributed by atoms with Crippen LogP contribution in [0.2, 0.25) is 0 Å². The van der Waals surface area contributed by atoms with Gasteiger partial charge in [-0.2, -0.15) is 0 Å². The van der Waals surface area contributed by atoms with E-state index in [0.29, 0.717) is 48.0 Å². The van der Waals surface area contributed by atoms with Gasteiger partial charge in [-0.05, 0) is 31.0 Å². The number of methoxy groups -OCH3 is 1. The fourth-order valence-corrected chi connectivity index (χ4v) is 4.32. The van der Waals surface area contributed by atoms with E-state index in [2.05, 4.69) is 20.6 Å². The van der Waals surface area contributed by atoms with Crippen molar-refractivity contribution in [2.45, 2.75) is 25.4 Å². The Kier molecular flexibility index (Phi) is 5.87. The average molecular weight is 452 g/mol. The number of carbonyl (C=O) groups is 1. The Morgan fingerprint density at radius 3 is 3.06 bits per heavy atom. The third kappa shape index (κ3) is 4.11. The number of amides is 1. The molecule has 172 valence electrons. The fraction of sp³-hybridized carbons (Fsp3) is 0.333. The number of carbonyl (C=O) groups excluding carboxylic acids is 1. The number of pyridine rings is 1. The highest BCUT2D eigenvalue weighted by Gasteiger charge is 2.29. The maximum atomic E-state index is 14.3. The Morgan fingerprint density at radius 1 is 1.33 bits per heavy atom. The Bertz CT molecular complexity index is 1170. The molecule has 0 aliphatic carbocycles. The summed E-state index contributed by atoms with van der Waals surface area (Å²) in [6, 6.07) is 6.44. The Balaban J connectivity index is 1.58. The summed E-state index contributed by atoms with van der Waals surface area (Å²) in [6.07, 6.45) is 5.99. The molecule has 1 amide bonds. The first-order chi connectivity index (χ1) is 16.2. The molecule has 0 radical (unpaired) electrons. The van der Waals surface area contributed by atoms with Crippen LogP contribution in [0.15, 0.2) is 36.7 Å². The van der Waals surface area contributed by atoms with Crippen LogP contribution in [0.4, 0.5) is 15.8 Å². The first-order valence-corrected chi connectivity index (χ1v) is 11.0. The second kappa shape index (κ2) is 9.11. The molecular weight excluding hydrogens is 427 g/mol. The van der Waals surface area contributed by atoms with E-state index < -0.39 is 5.82 Å². The van der Waals surface area contributed by atoms with Gasteiger partial charge in [-0.25, -0.2) is 4.39 Å². The number of aromatic amines is 1. The Hall–Kier alpha value is -3.59. The number of para-hydroxylation sites is 1. The van der Waals surface area contributed by atoms with E-state index in [-0.39, 0.29) is 17.8 Å². The molecule has 0 bridgehead atoms. The van der Waals surface area contributed by atoms with E-state index in [9.17, 15) is 9.18 Å². The molecule has 0 saturated carbocycles. The lowest BCUT2D eigenvalue weighted by Crippen LogP contribution is -2.31. The van der Waals surface area contributed by atoms with Crippen LogP contribution in [0.25, 0.3) is 11.3 Å². The molecule has 1 fully saturated rings. The Labute approximate surface area is 190 Å². The first kappa shape index (κ1) is 21.3. The van der Waals surface area contributed by atoms with E-state index in [1.165, 1.54) is 13.2 Å². The van der Waals surface area contributed by atoms with Gasteiger partial charge in [-0.1, -0.05) is 6.07 Å². The van der Waals surface area contributed by atoms with Crippen LogP contribution in [-0.4, -0.2) is 48.8 Å². The normalized spacial score (nSPS) is 17.4. The van der Waals surface area contributed by atoms with E-state index in [1.54, 1.807) is 24.5 Å². The molecule has 0 spiro atoms. The van der Waals surface area contributed by atoms with Crippen molar-refractivity contribution in [1.29, 1.82) is 0 Å². The summed E-state index contributed by atoms with van der Waals surface area (Å²) >= 11 is 0. The molecule has 1 saturated heterocycles. The summed E-state index contributed by atoms with van der Waals surface area (Å²) in [4.78, 5) is 20.4. The SMILES string of the molecule is COc1c(F)cccc1Nc1c(-c2ccncc2OCC2CCCO2)[nH]c2c1C(=O)NCC2. The zero-order valence-electron chi connectivity index (χ0n) is 18.2. The number of nitrogens with zero attached hydrogens (tertiary/aromatic N) is 1. The fourth-order valence-electron chi connectivity index (χ4n) is 4.32. The van der Waals surface area contributed by atoms with Gasteiger partial charge in [-0.3, -0.25) is 9.78 Å². The summed E-state index contributed by atoms with van der Waals surface area (Å²) < 4.78 is 31.4. The zero-order valence-corrected chi connectivity index (χ0v) is 18.2.